The second-order valence-corrected chi connectivity index (χ2v) is 5.37. The minimum absolute atomic E-state index is 0.237. The molecule has 0 saturated carbocycles. The molecule has 0 aliphatic carbocycles. The van der Waals surface area contributed by atoms with Gasteiger partial charge in [-0.15, -0.1) is 0 Å². The van der Waals surface area contributed by atoms with Crippen molar-refractivity contribution in [3.63, 3.8) is 0 Å². The first kappa shape index (κ1) is 17.7. The predicted octanol–water partition coefficient (Wildman–Crippen LogP) is 4.05. The molecule has 0 unspecified atom stereocenters. The van der Waals surface area contributed by atoms with Crippen LogP contribution in [-0.4, -0.2) is 26.7 Å². The van der Waals surface area contributed by atoms with E-state index in [2.05, 4.69) is 5.32 Å². The quantitative estimate of drug-likeness (QED) is 0.832. The Balaban J connectivity index is 2.22. The van der Waals surface area contributed by atoms with Crippen LogP contribution in [0.15, 0.2) is 36.4 Å². The Morgan fingerprint density at radius 3 is 2.38 bits per heavy atom. The van der Waals surface area contributed by atoms with Gasteiger partial charge in [-0.25, -0.2) is 0 Å². The lowest BCUT2D eigenvalue weighted by Crippen LogP contribution is -2.13. The summed E-state index contributed by atoms with van der Waals surface area (Å²) in [5, 5.41) is 2.87. The van der Waals surface area contributed by atoms with E-state index in [9.17, 15) is 4.79 Å². The molecule has 0 atom stereocenters. The average molecular weight is 329 g/mol. The van der Waals surface area contributed by atoms with Gasteiger partial charge in [0.05, 0.1) is 26.5 Å². The summed E-state index contributed by atoms with van der Waals surface area (Å²) in [5.74, 6) is 1.54. The summed E-state index contributed by atoms with van der Waals surface area (Å²) < 4.78 is 16.2. The Hall–Kier alpha value is -2.69. The highest BCUT2D eigenvalue weighted by atomic mass is 16.5. The van der Waals surface area contributed by atoms with Crippen LogP contribution in [0.3, 0.4) is 0 Å². The molecule has 5 nitrogen and oxygen atoms in total. The highest BCUT2D eigenvalue weighted by Crippen LogP contribution is 2.30. The van der Waals surface area contributed by atoms with Gasteiger partial charge in [-0.1, -0.05) is 13.0 Å². The van der Waals surface area contributed by atoms with Crippen molar-refractivity contribution in [2.45, 2.75) is 20.3 Å². The molecule has 0 fully saturated rings. The summed E-state index contributed by atoms with van der Waals surface area (Å²) in [7, 11) is 3.13. The van der Waals surface area contributed by atoms with Crippen LogP contribution in [0.2, 0.25) is 0 Å². The summed E-state index contributed by atoms with van der Waals surface area (Å²) >= 11 is 0. The summed E-state index contributed by atoms with van der Waals surface area (Å²) in [6, 6.07) is 10.8. The van der Waals surface area contributed by atoms with E-state index in [1.807, 2.05) is 32.0 Å². The molecule has 2 aromatic rings. The zero-order valence-electron chi connectivity index (χ0n) is 14.5. The summed E-state index contributed by atoms with van der Waals surface area (Å²) in [6.07, 6.45) is 0.901. The fourth-order valence-electron chi connectivity index (χ4n) is 2.25. The molecule has 128 valence electrons. The van der Waals surface area contributed by atoms with Gasteiger partial charge >= 0.3 is 0 Å². The molecule has 0 aromatic heterocycles. The maximum atomic E-state index is 12.5. The SMILES string of the molecule is CCCOc1ccc(C(=O)Nc2cc(C)ccc2OC)cc1OC. The van der Waals surface area contributed by atoms with Crippen LogP contribution in [0, 0.1) is 6.92 Å². The normalized spacial score (nSPS) is 10.2. The van der Waals surface area contributed by atoms with Gasteiger partial charge in [0.1, 0.15) is 5.75 Å². The monoisotopic (exact) mass is 329 g/mol. The van der Waals surface area contributed by atoms with Crippen LogP contribution >= 0.6 is 0 Å². The zero-order valence-corrected chi connectivity index (χ0v) is 14.5. The maximum absolute atomic E-state index is 12.5. The molecular formula is C19H23NO4. The average Bonchev–Trinajstić information content (AvgIpc) is 2.60. The van der Waals surface area contributed by atoms with E-state index in [0.717, 1.165) is 12.0 Å². The van der Waals surface area contributed by atoms with Gasteiger partial charge in [0.25, 0.3) is 5.91 Å². The molecule has 0 heterocycles. The van der Waals surface area contributed by atoms with Gasteiger partial charge in [-0.3, -0.25) is 4.79 Å². The molecule has 0 bridgehead atoms. The van der Waals surface area contributed by atoms with E-state index in [0.29, 0.717) is 35.1 Å². The summed E-state index contributed by atoms with van der Waals surface area (Å²) in [6.45, 7) is 4.59. The Kier molecular flexibility index (Phi) is 6.07. The minimum atomic E-state index is -0.237. The standard InChI is InChI=1S/C19H23NO4/c1-5-10-24-17-9-7-14(12-18(17)23-4)19(21)20-15-11-13(2)6-8-16(15)22-3/h6-9,11-12H,5,10H2,1-4H3,(H,20,21). The van der Waals surface area contributed by atoms with Crippen molar-refractivity contribution in [1.82, 2.24) is 0 Å². The predicted molar refractivity (Wildman–Crippen MR) is 94.5 cm³/mol. The van der Waals surface area contributed by atoms with Crippen molar-refractivity contribution in [3.8, 4) is 17.2 Å². The van der Waals surface area contributed by atoms with E-state index in [4.69, 9.17) is 14.2 Å². The second-order valence-electron chi connectivity index (χ2n) is 5.37. The van der Waals surface area contributed by atoms with Crippen LogP contribution in [0.1, 0.15) is 29.3 Å². The molecule has 5 heteroatoms. The number of hydrogen-bond donors (Lipinski definition) is 1. The van der Waals surface area contributed by atoms with Crippen LogP contribution in [-0.2, 0) is 0 Å². The van der Waals surface area contributed by atoms with E-state index >= 15 is 0 Å². The number of anilines is 1. The van der Waals surface area contributed by atoms with Crippen molar-refractivity contribution in [2.24, 2.45) is 0 Å². The lowest BCUT2D eigenvalue weighted by molar-refractivity contribution is 0.102. The van der Waals surface area contributed by atoms with Crippen molar-refractivity contribution in [3.05, 3.63) is 47.5 Å². The molecule has 2 aromatic carbocycles. The highest BCUT2D eigenvalue weighted by molar-refractivity contribution is 6.05. The first-order chi connectivity index (χ1) is 11.6. The van der Waals surface area contributed by atoms with Crippen molar-refractivity contribution in [1.29, 1.82) is 0 Å². The molecule has 1 N–H and O–H groups in total. The van der Waals surface area contributed by atoms with E-state index in [-0.39, 0.29) is 5.91 Å². The first-order valence-electron chi connectivity index (χ1n) is 7.85. The number of ether oxygens (including phenoxy) is 3. The van der Waals surface area contributed by atoms with Gasteiger partial charge in [0, 0.05) is 5.56 Å². The number of carbonyl (C=O) groups is 1. The van der Waals surface area contributed by atoms with Crippen molar-refractivity contribution < 1.29 is 19.0 Å². The van der Waals surface area contributed by atoms with E-state index in [1.54, 1.807) is 32.4 Å². The number of methoxy groups -OCH3 is 2. The molecule has 0 spiro atoms. The number of hydrogen-bond acceptors (Lipinski definition) is 4. The molecule has 0 saturated heterocycles. The minimum Gasteiger partial charge on any atom is -0.495 e. The van der Waals surface area contributed by atoms with Gasteiger partial charge in [-0.2, -0.15) is 0 Å². The van der Waals surface area contributed by atoms with Crippen LogP contribution in [0.4, 0.5) is 5.69 Å². The maximum Gasteiger partial charge on any atom is 0.255 e. The molecule has 1 amide bonds. The Morgan fingerprint density at radius 1 is 1.00 bits per heavy atom. The highest BCUT2D eigenvalue weighted by Gasteiger charge is 2.13. The van der Waals surface area contributed by atoms with Crippen LogP contribution in [0.5, 0.6) is 17.2 Å². The third kappa shape index (κ3) is 4.19. The second kappa shape index (κ2) is 8.24. The number of amides is 1. The Bertz CT molecular complexity index is 713. The summed E-state index contributed by atoms with van der Waals surface area (Å²) in [5.41, 5.74) is 2.15. The fourth-order valence-corrected chi connectivity index (χ4v) is 2.25. The number of rotatable bonds is 7. The lowest BCUT2D eigenvalue weighted by Gasteiger charge is -2.13. The van der Waals surface area contributed by atoms with E-state index in [1.165, 1.54) is 0 Å². The van der Waals surface area contributed by atoms with Gasteiger partial charge in [0.15, 0.2) is 11.5 Å². The Morgan fingerprint density at radius 2 is 1.71 bits per heavy atom. The molecule has 0 radical (unpaired) electrons. The van der Waals surface area contributed by atoms with Crippen molar-refractivity contribution >= 4 is 11.6 Å². The van der Waals surface area contributed by atoms with Crippen LogP contribution < -0.4 is 19.5 Å². The Labute approximate surface area is 142 Å². The molecule has 0 aliphatic heterocycles. The number of aryl methyl sites for hydroxylation is 1. The summed E-state index contributed by atoms with van der Waals surface area (Å²) in [4.78, 5) is 12.5. The first-order valence-corrected chi connectivity index (χ1v) is 7.85. The number of carbonyl (C=O) groups excluding carboxylic acids is 1. The van der Waals surface area contributed by atoms with Gasteiger partial charge in [0.2, 0.25) is 0 Å². The van der Waals surface area contributed by atoms with Gasteiger partial charge in [-0.05, 0) is 49.2 Å². The smallest absolute Gasteiger partial charge is 0.255 e. The lowest BCUT2D eigenvalue weighted by atomic mass is 10.1. The number of benzene rings is 2. The molecular weight excluding hydrogens is 306 g/mol. The topological polar surface area (TPSA) is 56.8 Å². The molecule has 24 heavy (non-hydrogen) atoms. The third-order valence-electron chi connectivity index (χ3n) is 3.49. The molecule has 2 rings (SSSR count). The van der Waals surface area contributed by atoms with Crippen molar-refractivity contribution in [2.75, 3.05) is 26.1 Å². The third-order valence-corrected chi connectivity index (χ3v) is 3.49. The van der Waals surface area contributed by atoms with E-state index < -0.39 is 0 Å². The van der Waals surface area contributed by atoms with Gasteiger partial charge < -0.3 is 19.5 Å². The largest absolute Gasteiger partial charge is 0.495 e. The molecule has 0 aliphatic rings. The van der Waals surface area contributed by atoms with Crippen LogP contribution in [0.25, 0.3) is 0 Å². The number of nitrogens with one attached hydrogen (secondary N) is 1. The zero-order chi connectivity index (χ0) is 17.5. The fraction of sp³-hybridized carbons (Fsp3) is 0.316.